The first-order valence-corrected chi connectivity index (χ1v) is 6.44. The van der Waals surface area contributed by atoms with Gasteiger partial charge in [0, 0.05) is 19.2 Å². The van der Waals surface area contributed by atoms with E-state index in [4.69, 9.17) is 15.2 Å². The number of nitrogens with two attached hydrogens (primary N) is 1. The second kappa shape index (κ2) is 4.70. The van der Waals surface area contributed by atoms with Crippen LogP contribution >= 0.6 is 0 Å². The smallest absolute Gasteiger partial charge is 0.215 e. The Morgan fingerprint density at radius 1 is 1.26 bits per heavy atom. The number of imidazole rings is 1. The van der Waals surface area contributed by atoms with Gasteiger partial charge in [0.15, 0.2) is 5.65 Å². The van der Waals surface area contributed by atoms with Crippen molar-refractivity contribution in [1.82, 2.24) is 14.5 Å². The van der Waals surface area contributed by atoms with Crippen molar-refractivity contribution in [3.8, 4) is 5.88 Å². The van der Waals surface area contributed by atoms with Crippen molar-refractivity contribution in [2.24, 2.45) is 0 Å². The van der Waals surface area contributed by atoms with E-state index >= 15 is 0 Å². The number of fused-ring (bicyclic) bond motifs is 1. The summed E-state index contributed by atoms with van der Waals surface area (Å²) in [6.07, 6.45) is 3.33. The first-order chi connectivity index (χ1) is 9.22. The first kappa shape index (κ1) is 12.2. The zero-order chi connectivity index (χ0) is 13.4. The van der Waals surface area contributed by atoms with Crippen LogP contribution in [0, 0.1) is 0 Å². The van der Waals surface area contributed by atoms with Crippen LogP contribution < -0.4 is 10.5 Å². The Labute approximate surface area is 111 Å². The van der Waals surface area contributed by atoms with Crippen LogP contribution in [0.3, 0.4) is 0 Å². The minimum Gasteiger partial charge on any atom is -0.481 e. The molecule has 1 aliphatic carbocycles. The molecule has 2 unspecified atom stereocenters. The second-order valence-electron chi connectivity index (χ2n) is 4.86. The van der Waals surface area contributed by atoms with Crippen molar-refractivity contribution in [2.45, 2.75) is 31.4 Å². The van der Waals surface area contributed by atoms with Crippen LogP contribution in [0.5, 0.6) is 5.88 Å². The highest BCUT2D eigenvalue weighted by molar-refractivity contribution is 5.75. The van der Waals surface area contributed by atoms with Gasteiger partial charge >= 0.3 is 0 Å². The van der Waals surface area contributed by atoms with Gasteiger partial charge in [-0.15, -0.1) is 0 Å². The maximum Gasteiger partial charge on any atom is 0.215 e. The number of pyridine rings is 1. The highest BCUT2D eigenvalue weighted by Crippen LogP contribution is 2.35. The normalized spacial score (nSPS) is 23.1. The van der Waals surface area contributed by atoms with Crippen molar-refractivity contribution in [2.75, 3.05) is 20.0 Å². The summed E-state index contributed by atoms with van der Waals surface area (Å²) in [7, 11) is 3.36. The van der Waals surface area contributed by atoms with E-state index < -0.39 is 0 Å². The standard InChI is InChI=1S/C13H18N4O2/c1-18-9-4-3-8(7-9)17-12-10(15-13(17)14)5-6-11(16-12)19-2/h5-6,8-9H,3-4,7H2,1-2H3,(H2,14,15). The lowest BCUT2D eigenvalue weighted by atomic mass is 10.2. The summed E-state index contributed by atoms with van der Waals surface area (Å²) in [4.78, 5) is 8.83. The van der Waals surface area contributed by atoms with E-state index in [-0.39, 0.29) is 0 Å². The molecule has 0 amide bonds. The lowest BCUT2D eigenvalue weighted by Crippen LogP contribution is -2.12. The van der Waals surface area contributed by atoms with E-state index in [1.807, 2.05) is 10.6 Å². The zero-order valence-corrected chi connectivity index (χ0v) is 11.2. The van der Waals surface area contributed by atoms with Gasteiger partial charge in [0.2, 0.25) is 11.8 Å². The number of hydrogen-bond acceptors (Lipinski definition) is 5. The Kier molecular flexibility index (Phi) is 3.02. The fourth-order valence-corrected chi connectivity index (χ4v) is 2.81. The third kappa shape index (κ3) is 2.02. The Balaban J connectivity index is 2.04. The van der Waals surface area contributed by atoms with Crippen LogP contribution in [0.15, 0.2) is 12.1 Å². The van der Waals surface area contributed by atoms with Crippen molar-refractivity contribution < 1.29 is 9.47 Å². The molecule has 102 valence electrons. The van der Waals surface area contributed by atoms with E-state index in [1.165, 1.54) is 0 Å². The van der Waals surface area contributed by atoms with Gasteiger partial charge in [0.05, 0.1) is 13.2 Å². The summed E-state index contributed by atoms with van der Waals surface area (Å²) in [5, 5.41) is 0. The summed E-state index contributed by atoms with van der Waals surface area (Å²) in [6, 6.07) is 3.98. The molecule has 1 saturated carbocycles. The Morgan fingerprint density at radius 3 is 2.79 bits per heavy atom. The minimum absolute atomic E-state index is 0.299. The molecule has 3 rings (SSSR count). The van der Waals surface area contributed by atoms with Crippen LogP contribution in [0.2, 0.25) is 0 Å². The first-order valence-electron chi connectivity index (χ1n) is 6.44. The molecule has 0 aliphatic heterocycles. The van der Waals surface area contributed by atoms with Crippen LogP contribution in [0.25, 0.3) is 11.2 Å². The number of anilines is 1. The number of methoxy groups -OCH3 is 2. The van der Waals surface area contributed by atoms with Gasteiger partial charge in [0.25, 0.3) is 0 Å². The molecule has 6 nitrogen and oxygen atoms in total. The summed E-state index contributed by atoms with van der Waals surface area (Å²) in [6.45, 7) is 0. The van der Waals surface area contributed by atoms with Crippen LogP contribution in [0.1, 0.15) is 25.3 Å². The number of nitrogen functional groups attached to an aromatic ring is 1. The predicted molar refractivity (Wildman–Crippen MR) is 72.2 cm³/mol. The molecular weight excluding hydrogens is 244 g/mol. The van der Waals surface area contributed by atoms with Gasteiger partial charge in [-0.1, -0.05) is 0 Å². The highest BCUT2D eigenvalue weighted by atomic mass is 16.5. The Bertz CT molecular complexity index is 596. The molecule has 0 aromatic carbocycles. The average molecular weight is 262 g/mol. The molecule has 0 spiro atoms. The van der Waals surface area contributed by atoms with Crippen molar-refractivity contribution in [3.63, 3.8) is 0 Å². The minimum atomic E-state index is 0.299. The van der Waals surface area contributed by atoms with Crippen molar-refractivity contribution >= 4 is 17.1 Å². The molecule has 0 bridgehead atoms. The third-order valence-electron chi connectivity index (χ3n) is 3.80. The van der Waals surface area contributed by atoms with Gasteiger partial charge in [-0.2, -0.15) is 4.98 Å². The van der Waals surface area contributed by atoms with Crippen LogP contribution in [-0.4, -0.2) is 34.9 Å². The third-order valence-corrected chi connectivity index (χ3v) is 3.80. The molecule has 6 heteroatoms. The van der Waals surface area contributed by atoms with Crippen molar-refractivity contribution in [1.29, 1.82) is 0 Å². The average Bonchev–Trinajstić information content (AvgIpc) is 3.00. The SMILES string of the molecule is COc1ccc2nc(N)n(C3CCC(OC)C3)c2n1. The quantitative estimate of drug-likeness (QED) is 0.912. The molecule has 19 heavy (non-hydrogen) atoms. The number of ether oxygens (including phenoxy) is 2. The monoisotopic (exact) mass is 262 g/mol. The summed E-state index contributed by atoms with van der Waals surface area (Å²) >= 11 is 0. The molecule has 0 saturated heterocycles. The highest BCUT2D eigenvalue weighted by Gasteiger charge is 2.28. The molecule has 2 N–H and O–H groups in total. The molecule has 2 atom stereocenters. The number of nitrogens with zero attached hydrogens (tertiary/aromatic N) is 3. The maximum atomic E-state index is 6.04. The molecular formula is C13H18N4O2. The molecule has 1 fully saturated rings. The number of aromatic nitrogens is 3. The second-order valence-corrected chi connectivity index (χ2v) is 4.86. The fourth-order valence-electron chi connectivity index (χ4n) is 2.81. The van der Waals surface area contributed by atoms with Crippen molar-refractivity contribution in [3.05, 3.63) is 12.1 Å². The largest absolute Gasteiger partial charge is 0.481 e. The van der Waals surface area contributed by atoms with E-state index in [2.05, 4.69) is 9.97 Å². The number of rotatable bonds is 3. The fraction of sp³-hybridized carbons (Fsp3) is 0.538. The lowest BCUT2D eigenvalue weighted by Gasteiger charge is -2.14. The van der Waals surface area contributed by atoms with Crippen LogP contribution in [-0.2, 0) is 4.74 Å². The summed E-state index contributed by atoms with van der Waals surface area (Å²) < 4.78 is 12.6. The Morgan fingerprint density at radius 2 is 2.11 bits per heavy atom. The van der Waals surface area contributed by atoms with Crippen LogP contribution in [0.4, 0.5) is 5.95 Å². The topological polar surface area (TPSA) is 75.2 Å². The molecule has 1 aliphatic rings. The van der Waals surface area contributed by atoms with Gasteiger partial charge in [0.1, 0.15) is 5.52 Å². The molecule has 2 aromatic heterocycles. The zero-order valence-electron chi connectivity index (χ0n) is 11.2. The molecule has 2 aromatic rings. The molecule has 2 heterocycles. The Hall–Kier alpha value is -1.82. The van der Waals surface area contributed by atoms with Gasteiger partial charge < -0.3 is 15.2 Å². The van der Waals surface area contributed by atoms with Gasteiger partial charge in [-0.05, 0) is 25.3 Å². The summed E-state index contributed by atoms with van der Waals surface area (Å²) in [5.74, 6) is 1.09. The number of hydrogen-bond donors (Lipinski definition) is 1. The predicted octanol–water partition coefficient (Wildman–Crippen LogP) is 1.76. The van der Waals surface area contributed by atoms with E-state index in [0.29, 0.717) is 24.0 Å². The van der Waals surface area contributed by atoms with E-state index in [9.17, 15) is 0 Å². The lowest BCUT2D eigenvalue weighted by molar-refractivity contribution is 0.106. The van der Waals surface area contributed by atoms with Gasteiger partial charge in [-0.25, -0.2) is 4.98 Å². The van der Waals surface area contributed by atoms with Gasteiger partial charge in [-0.3, -0.25) is 4.57 Å². The van der Waals surface area contributed by atoms with E-state index in [0.717, 1.165) is 30.4 Å². The summed E-state index contributed by atoms with van der Waals surface area (Å²) in [5.41, 5.74) is 7.64. The maximum absolute atomic E-state index is 6.04. The molecule has 0 radical (unpaired) electrons. The van der Waals surface area contributed by atoms with E-state index in [1.54, 1.807) is 20.3 Å².